The number of H-pyrrole nitrogens is 1. The standard InChI is InChI=1S/C25H29N5O8S/c1-5-15-10-23(28-27-15)26-17-12-18-16(11-19(17)33-2)25(29-38-18)30-39(31,32)24-20(34-3)8-14(9-21(24)35-4)22-13-36-6-7-37-22/h8-12,22H,5-7,13H2,1-4H3,(H,29,30)(H2,26,27,28)/t22-/m1/s1. The molecule has 0 radical (unpaired) electrons. The van der Waals surface area contributed by atoms with Gasteiger partial charge < -0.3 is 33.5 Å². The first-order valence-electron chi connectivity index (χ1n) is 12.1. The summed E-state index contributed by atoms with van der Waals surface area (Å²) < 4.78 is 62.9. The Balaban J connectivity index is 1.48. The van der Waals surface area contributed by atoms with Crippen LogP contribution in [0.1, 0.15) is 24.3 Å². The Morgan fingerprint density at radius 2 is 1.77 bits per heavy atom. The van der Waals surface area contributed by atoms with Crippen molar-refractivity contribution in [2.24, 2.45) is 0 Å². The lowest BCUT2D eigenvalue weighted by Crippen LogP contribution is -2.22. The van der Waals surface area contributed by atoms with E-state index < -0.39 is 10.0 Å². The van der Waals surface area contributed by atoms with Crippen LogP contribution in [0.3, 0.4) is 0 Å². The summed E-state index contributed by atoms with van der Waals surface area (Å²) in [6.45, 7) is 3.27. The molecule has 0 bridgehead atoms. The fraction of sp³-hybridized carbons (Fsp3) is 0.360. The van der Waals surface area contributed by atoms with E-state index in [1.807, 2.05) is 13.0 Å². The van der Waals surface area contributed by atoms with Crippen molar-refractivity contribution in [3.8, 4) is 17.2 Å². The minimum Gasteiger partial charge on any atom is -0.495 e. The lowest BCUT2D eigenvalue weighted by Gasteiger charge is -2.25. The zero-order valence-corrected chi connectivity index (χ0v) is 22.7. The smallest absolute Gasteiger partial charge is 0.270 e. The van der Waals surface area contributed by atoms with Crippen LogP contribution in [0.4, 0.5) is 17.3 Å². The molecule has 2 aromatic heterocycles. The maximum Gasteiger partial charge on any atom is 0.270 e. The van der Waals surface area contributed by atoms with Crippen molar-refractivity contribution < 1.29 is 36.6 Å². The van der Waals surface area contributed by atoms with E-state index in [0.29, 0.717) is 53.6 Å². The van der Waals surface area contributed by atoms with E-state index in [2.05, 4.69) is 25.4 Å². The number of anilines is 3. The summed E-state index contributed by atoms with van der Waals surface area (Å²) in [6, 6.07) is 8.34. The highest BCUT2D eigenvalue weighted by Crippen LogP contribution is 2.40. The van der Waals surface area contributed by atoms with E-state index in [9.17, 15) is 8.42 Å². The lowest BCUT2D eigenvalue weighted by molar-refractivity contribution is -0.0902. The van der Waals surface area contributed by atoms with Crippen LogP contribution in [0.5, 0.6) is 17.2 Å². The van der Waals surface area contributed by atoms with Crippen molar-refractivity contribution in [2.75, 3.05) is 51.2 Å². The number of aromatic amines is 1. The number of fused-ring (bicyclic) bond motifs is 1. The van der Waals surface area contributed by atoms with Gasteiger partial charge in [-0.2, -0.15) is 5.10 Å². The van der Waals surface area contributed by atoms with Gasteiger partial charge in [-0.25, -0.2) is 8.42 Å². The van der Waals surface area contributed by atoms with Gasteiger partial charge in [0, 0.05) is 17.8 Å². The van der Waals surface area contributed by atoms with Crippen LogP contribution in [0, 0.1) is 0 Å². The van der Waals surface area contributed by atoms with E-state index in [1.165, 1.54) is 21.3 Å². The Kier molecular flexibility index (Phi) is 7.50. The third kappa shape index (κ3) is 5.30. The monoisotopic (exact) mass is 559 g/mol. The molecule has 1 aliphatic heterocycles. The molecule has 3 heterocycles. The van der Waals surface area contributed by atoms with Crippen LogP contribution in [-0.2, 0) is 25.9 Å². The minimum absolute atomic E-state index is 0.0277. The van der Waals surface area contributed by atoms with Crippen molar-refractivity contribution in [2.45, 2.75) is 24.3 Å². The van der Waals surface area contributed by atoms with Gasteiger partial charge in [0.25, 0.3) is 10.0 Å². The van der Waals surface area contributed by atoms with E-state index in [0.717, 1.165) is 12.1 Å². The molecule has 0 amide bonds. The summed E-state index contributed by atoms with van der Waals surface area (Å²) in [5, 5.41) is 14.7. The first-order chi connectivity index (χ1) is 18.9. The predicted octanol–water partition coefficient (Wildman–Crippen LogP) is 3.77. The average molecular weight is 560 g/mol. The number of benzene rings is 2. The number of ether oxygens (including phenoxy) is 5. The van der Waals surface area contributed by atoms with E-state index in [1.54, 1.807) is 24.3 Å². The number of aromatic nitrogens is 3. The topological polar surface area (TPSA) is 159 Å². The molecule has 39 heavy (non-hydrogen) atoms. The summed E-state index contributed by atoms with van der Waals surface area (Å²) in [7, 11) is 0.00975. The van der Waals surface area contributed by atoms with Crippen LogP contribution in [-0.4, -0.2) is 64.9 Å². The largest absolute Gasteiger partial charge is 0.495 e. The van der Waals surface area contributed by atoms with Crippen molar-refractivity contribution in [3.63, 3.8) is 0 Å². The van der Waals surface area contributed by atoms with Gasteiger partial charge in [0.1, 0.15) is 23.4 Å². The Hall–Kier alpha value is -4.01. The third-order valence-corrected chi connectivity index (χ3v) is 7.64. The molecule has 14 heteroatoms. The molecular weight excluding hydrogens is 530 g/mol. The van der Waals surface area contributed by atoms with Gasteiger partial charge in [-0.1, -0.05) is 12.1 Å². The maximum absolute atomic E-state index is 13.6. The fourth-order valence-corrected chi connectivity index (χ4v) is 5.58. The summed E-state index contributed by atoms with van der Waals surface area (Å²) in [5.74, 6) is 1.15. The average Bonchev–Trinajstić information content (AvgIpc) is 3.58. The molecule has 208 valence electrons. The zero-order valence-electron chi connectivity index (χ0n) is 21.9. The van der Waals surface area contributed by atoms with Gasteiger partial charge in [-0.15, -0.1) is 0 Å². The number of rotatable bonds is 10. The highest BCUT2D eigenvalue weighted by molar-refractivity contribution is 7.93. The van der Waals surface area contributed by atoms with Gasteiger partial charge in [0.05, 0.1) is 52.2 Å². The summed E-state index contributed by atoms with van der Waals surface area (Å²) >= 11 is 0. The second kappa shape index (κ2) is 11.0. The van der Waals surface area contributed by atoms with Crippen molar-refractivity contribution in [3.05, 3.63) is 41.6 Å². The Morgan fingerprint density at radius 1 is 1.03 bits per heavy atom. The minimum atomic E-state index is -4.25. The molecule has 1 atom stereocenters. The van der Waals surface area contributed by atoms with Crippen LogP contribution in [0.15, 0.2) is 39.8 Å². The molecule has 3 N–H and O–H groups in total. The van der Waals surface area contributed by atoms with Crippen LogP contribution < -0.4 is 24.2 Å². The van der Waals surface area contributed by atoms with Gasteiger partial charge in [0.2, 0.25) is 0 Å². The Bertz CT molecular complexity index is 1550. The molecule has 0 aliphatic carbocycles. The number of hydrogen-bond donors (Lipinski definition) is 3. The molecule has 1 aliphatic rings. The third-order valence-electron chi connectivity index (χ3n) is 6.24. The van der Waals surface area contributed by atoms with Crippen LogP contribution in [0.2, 0.25) is 0 Å². The van der Waals surface area contributed by atoms with Gasteiger partial charge in [-0.3, -0.25) is 9.82 Å². The maximum atomic E-state index is 13.6. The number of hydrogen-bond acceptors (Lipinski definition) is 11. The van der Waals surface area contributed by atoms with Gasteiger partial charge in [0.15, 0.2) is 22.1 Å². The Labute approximate surface area is 224 Å². The van der Waals surface area contributed by atoms with Gasteiger partial charge in [-0.05, 0) is 30.2 Å². The number of nitrogens with one attached hydrogen (secondary N) is 3. The molecule has 5 rings (SSSR count). The molecule has 0 spiro atoms. The van der Waals surface area contributed by atoms with Crippen molar-refractivity contribution >= 4 is 38.3 Å². The van der Waals surface area contributed by atoms with Crippen molar-refractivity contribution in [1.29, 1.82) is 0 Å². The SMILES string of the molecule is CCc1cc(Nc2cc3onc(NS(=O)(=O)c4c(OC)cc([C@H]5COCCO5)cc4OC)c3cc2OC)n[nH]1. The highest BCUT2D eigenvalue weighted by Gasteiger charge is 2.30. The lowest BCUT2D eigenvalue weighted by atomic mass is 10.1. The quantitative estimate of drug-likeness (QED) is 0.260. The van der Waals surface area contributed by atoms with E-state index >= 15 is 0 Å². The zero-order chi connectivity index (χ0) is 27.6. The number of aryl methyl sites for hydroxylation is 1. The van der Waals surface area contributed by atoms with Crippen molar-refractivity contribution in [1.82, 2.24) is 15.4 Å². The molecule has 13 nitrogen and oxygen atoms in total. The number of methoxy groups -OCH3 is 3. The number of nitrogens with zero attached hydrogens (tertiary/aromatic N) is 2. The molecule has 1 fully saturated rings. The highest BCUT2D eigenvalue weighted by atomic mass is 32.2. The first kappa shape index (κ1) is 26.6. The second-order valence-electron chi connectivity index (χ2n) is 8.63. The molecule has 4 aromatic rings. The summed E-state index contributed by atoms with van der Waals surface area (Å²) in [6.07, 6.45) is 0.424. The molecule has 2 aromatic carbocycles. The second-order valence-corrected chi connectivity index (χ2v) is 10.3. The summed E-state index contributed by atoms with van der Waals surface area (Å²) in [4.78, 5) is -0.195. The van der Waals surface area contributed by atoms with Gasteiger partial charge >= 0.3 is 0 Å². The molecular formula is C25H29N5O8S. The normalized spacial score (nSPS) is 15.7. The summed E-state index contributed by atoms with van der Waals surface area (Å²) in [5.41, 5.74) is 2.53. The Morgan fingerprint density at radius 3 is 2.38 bits per heavy atom. The van der Waals surface area contributed by atoms with Crippen LogP contribution >= 0.6 is 0 Å². The van der Waals surface area contributed by atoms with Crippen LogP contribution in [0.25, 0.3) is 11.0 Å². The van der Waals surface area contributed by atoms with E-state index in [4.69, 9.17) is 28.2 Å². The first-order valence-corrected chi connectivity index (χ1v) is 13.6. The molecule has 0 unspecified atom stereocenters. The number of sulfonamides is 1. The molecule has 1 saturated heterocycles. The van der Waals surface area contributed by atoms with E-state index in [-0.39, 0.29) is 28.3 Å². The molecule has 0 saturated carbocycles. The predicted molar refractivity (Wildman–Crippen MR) is 142 cm³/mol. The fourth-order valence-electron chi connectivity index (χ4n) is 4.26.